The van der Waals surface area contributed by atoms with E-state index in [4.69, 9.17) is 16.3 Å². The Balaban J connectivity index is 1.43. The summed E-state index contributed by atoms with van der Waals surface area (Å²) in [5.74, 6) is 0.710. The highest BCUT2D eigenvalue weighted by molar-refractivity contribution is 6.32. The first-order valence-electron chi connectivity index (χ1n) is 15.3. The molecule has 0 aliphatic carbocycles. The number of aryl methyl sites for hydroxylation is 1. The van der Waals surface area contributed by atoms with Gasteiger partial charge in [-0.05, 0) is 41.8 Å². The largest absolute Gasteiger partial charge is 0.492 e. The average Bonchev–Trinajstić information content (AvgIpc) is 2.97. The van der Waals surface area contributed by atoms with Crippen molar-refractivity contribution in [1.29, 1.82) is 0 Å². The van der Waals surface area contributed by atoms with E-state index in [1.807, 2.05) is 89.6 Å². The molecule has 0 aliphatic rings. The fourth-order valence-corrected chi connectivity index (χ4v) is 5.18. The Kier molecular flexibility index (Phi) is 14.6. The molecular formula is C35H48ClN2O2+. The molecule has 0 spiro atoms. The predicted octanol–water partition coefficient (Wildman–Crippen LogP) is 9.09. The van der Waals surface area contributed by atoms with E-state index in [0.29, 0.717) is 36.0 Å². The van der Waals surface area contributed by atoms with Gasteiger partial charge in [-0.3, -0.25) is 4.79 Å². The number of carbonyl (C=O) groups is 1. The van der Waals surface area contributed by atoms with Crippen molar-refractivity contribution >= 4 is 17.5 Å². The maximum Gasteiger partial charge on any atom is 0.254 e. The van der Waals surface area contributed by atoms with Gasteiger partial charge in [-0.1, -0.05) is 113 Å². The number of nitrogens with zero attached hydrogens (tertiary/aromatic N) is 2. The molecule has 4 nitrogen and oxygen atoms in total. The monoisotopic (exact) mass is 563 g/mol. The van der Waals surface area contributed by atoms with Crippen LogP contribution in [-0.4, -0.2) is 17.4 Å². The molecule has 1 amide bonds. The Morgan fingerprint density at radius 1 is 0.750 bits per heavy atom. The Morgan fingerprint density at radius 2 is 1.32 bits per heavy atom. The molecule has 1 heterocycles. The second kappa shape index (κ2) is 18.5. The summed E-state index contributed by atoms with van der Waals surface area (Å²) in [4.78, 5) is 15.2. The summed E-state index contributed by atoms with van der Waals surface area (Å²) in [6, 6.07) is 19.4. The molecule has 0 fully saturated rings. The lowest BCUT2D eigenvalue weighted by Crippen LogP contribution is -2.31. The Morgan fingerprint density at radius 3 is 1.93 bits per heavy atom. The van der Waals surface area contributed by atoms with E-state index < -0.39 is 0 Å². The topological polar surface area (TPSA) is 33.4 Å². The van der Waals surface area contributed by atoms with E-state index in [2.05, 4.69) is 6.92 Å². The van der Waals surface area contributed by atoms with Crippen LogP contribution in [0.1, 0.15) is 105 Å². The first-order chi connectivity index (χ1) is 19.6. The lowest BCUT2D eigenvalue weighted by molar-refractivity contribution is -0.671. The average molecular weight is 564 g/mol. The van der Waals surface area contributed by atoms with E-state index in [1.54, 1.807) is 0 Å². The van der Waals surface area contributed by atoms with Crippen molar-refractivity contribution in [2.45, 2.75) is 97.1 Å². The molecule has 0 unspecified atom stereocenters. The first kappa shape index (κ1) is 31.7. The van der Waals surface area contributed by atoms with Crippen LogP contribution in [0.5, 0.6) is 5.75 Å². The second-order valence-corrected chi connectivity index (χ2v) is 11.3. The highest BCUT2D eigenvalue weighted by Gasteiger charge is 2.18. The van der Waals surface area contributed by atoms with Gasteiger partial charge in [0.25, 0.3) is 5.91 Å². The maximum atomic E-state index is 13.4. The summed E-state index contributed by atoms with van der Waals surface area (Å²) < 4.78 is 7.99. The van der Waals surface area contributed by atoms with Gasteiger partial charge in [-0.15, -0.1) is 0 Å². The van der Waals surface area contributed by atoms with Gasteiger partial charge in [0.1, 0.15) is 12.8 Å². The molecule has 0 bridgehead atoms. The fourth-order valence-electron chi connectivity index (χ4n) is 4.93. The third-order valence-electron chi connectivity index (χ3n) is 7.35. The van der Waals surface area contributed by atoms with Gasteiger partial charge in [0.15, 0.2) is 12.4 Å². The number of unbranched alkanes of at least 4 members (excludes halogenated alkanes) is 11. The van der Waals surface area contributed by atoms with Crippen LogP contribution in [0.4, 0.5) is 0 Å². The number of hydrogen-bond acceptors (Lipinski definition) is 2. The van der Waals surface area contributed by atoms with Crippen molar-refractivity contribution in [3.05, 3.63) is 94.8 Å². The van der Waals surface area contributed by atoms with Gasteiger partial charge in [0.2, 0.25) is 0 Å². The van der Waals surface area contributed by atoms with Crippen LogP contribution in [0.25, 0.3) is 0 Å². The van der Waals surface area contributed by atoms with Gasteiger partial charge in [0.05, 0.1) is 11.6 Å². The van der Waals surface area contributed by atoms with Gasteiger partial charge in [-0.25, -0.2) is 4.57 Å². The zero-order chi connectivity index (χ0) is 28.4. The van der Waals surface area contributed by atoms with Gasteiger partial charge in [-0.2, -0.15) is 0 Å². The predicted molar refractivity (Wildman–Crippen MR) is 166 cm³/mol. The normalized spacial score (nSPS) is 11.0. The highest BCUT2D eigenvalue weighted by atomic mass is 35.5. The summed E-state index contributed by atoms with van der Waals surface area (Å²) >= 11 is 6.61. The molecule has 40 heavy (non-hydrogen) atoms. The number of amides is 1. The smallest absolute Gasteiger partial charge is 0.254 e. The van der Waals surface area contributed by atoms with Gasteiger partial charge < -0.3 is 9.64 Å². The van der Waals surface area contributed by atoms with Crippen LogP contribution in [0.2, 0.25) is 5.02 Å². The Hall–Kier alpha value is -2.85. The highest BCUT2D eigenvalue weighted by Crippen LogP contribution is 2.27. The zero-order valence-electron chi connectivity index (χ0n) is 24.6. The van der Waals surface area contributed by atoms with Crippen molar-refractivity contribution < 1.29 is 14.1 Å². The molecule has 3 rings (SSSR count). The molecule has 0 saturated carbocycles. The summed E-state index contributed by atoms with van der Waals surface area (Å²) in [6.07, 6.45) is 19.9. The summed E-state index contributed by atoms with van der Waals surface area (Å²) in [7, 11) is 1.99. The number of ether oxygens (including phenoxy) is 1. The standard InChI is InChI=1S/C35H48ClN2O2/c1-3-4-5-6-7-8-9-10-11-12-13-17-26-40-34-21-20-31(27-33(34)36)29-38(28-30-22-24-37(2)25-23-30)35(39)32-18-15-14-16-19-32/h14-16,18-25,27H,3-13,17,26,28-29H2,1-2H3/q+1. The van der Waals surface area contributed by atoms with E-state index in [9.17, 15) is 4.79 Å². The molecule has 3 aromatic rings. The quantitative estimate of drug-likeness (QED) is 0.108. The lowest BCUT2D eigenvalue weighted by atomic mass is 10.1. The SMILES string of the molecule is CCCCCCCCCCCCCCOc1ccc(CN(Cc2cc[n+](C)cc2)C(=O)c2ccccc2)cc1Cl. The molecule has 2 aromatic carbocycles. The van der Waals surface area contributed by atoms with Crippen molar-refractivity contribution in [3.63, 3.8) is 0 Å². The van der Waals surface area contributed by atoms with Crippen molar-refractivity contribution in [1.82, 2.24) is 4.90 Å². The van der Waals surface area contributed by atoms with Crippen LogP contribution in [-0.2, 0) is 20.1 Å². The number of halogens is 1. The molecular weight excluding hydrogens is 516 g/mol. The number of aromatic nitrogens is 1. The van der Waals surface area contributed by atoms with E-state index in [1.165, 1.54) is 70.6 Å². The van der Waals surface area contributed by atoms with E-state index in [-0.39, 0.29) is 5.91 Å². The van der Waals surface area contributed by atoms with Crippen molar-refractivity contribution in [2.24, 2.45) is 7.05 Å². The number of pyridine rings is 1. The molecule has 0 radical (unpaired) electrons. The van der Waals surface area contributed by atoms with Crippen molar-refractivity contribution in [3.8, 4) is 5.75 Å². The summed E-state index contributed by atoms with van der Waals surface area (Å²) in [5.41, 5.74) is 2.74. The van der Waals surface area contributed by atoms with Crippen LogP contribution < -0.4 is 9.30 Å². The Bertz CT molecular complexity index is 1120. The molecule has 0 N–H and O–H groups in total. The van der Waals surface area contributed by atoms with Crippen molar-refractivity contribution in [2.75, 3.05) is 6.61 Å². The molecule has 216 valence electrons. The maximum absolute atomic E-state index is 13.4. The Labute approximate surface area is 247 Å². The van der Waals surface area contributed by atoms with Crippen LogP contribution in [0.3, 0.4) is 0 Å². The first-order valence-corrected chi connectivity index (χ1v) is 15.6. The number of rotatable bonds is 19. The van der Waals surface area contributed by atoms with Crippen LogP contribution >= 0.6 is 11.6 Å². The molecule has 0 saturated heterocycles. The third kappa shape index (κ3) is 11.7. The summed E-state index contributed by atoms with van der Waals surface area (Å²) in [5, 5.41) is 0.593. The number of carbonyl (C=O) groups excluding carboxylic acids is 1. The lowest BCUT2D eigenvalue weighted by Gasteiger charge is -2.23. The minimum Gasteiger partial charge on any atom is -0.492 e. The molecule has 5 heteroatoms. The second-order valence-electron chi connectivity index (χ2n) is 10.9. The summed E-state index contributed by atoms with van der Waals surface area (Å²) in [6.45, 7) is 3.94. The van der Waals surface area contributed by atoms with Crippen LogP contribution in [0.15, 0.2) is 73.1 Å². The van der Waals surface area contributed by atoms with E-state index >= 15 is 0 Å². The fraction of sp³-hybridized carbons (Fsp3) is 0.486. The third-order valence-corrected chi connectivity index (χ3v) is 7.65. The van der Waals surface area contributed by atoms with Gasteiger partial charge in [0, 0.05) is 30.8 Å². The molecule has 0 aliphatic heterocycles. The minimum atomic E-state index is -0.00255. The number of benzene rings is 2. The number of hydrogen-bond donors (Lipinski definition) is 0. The zero-order valence-corrected chi connectivity index (χ0v) is 25.4. The molecule has 0 atom stereocenters. The molecule has 1 aromatic heterocycles. The van der Waals surface area contributed by atoms with E-state index in [0.717, 1.165) is 17.5 Å². The van der Waals surface area contributed by atoms with Gasteiger partial charge >= 0.3 is 0 Å². The van der Waals surface area contributed by atoms with Crippen LogP contribution in [0, 0.1) is 0 Å². The minimum absolute atomic E-state index is 0.00255.